The zero-order valence-corrected chi connectivity index (χ0v) is 14.5. The molecular formula is C16H20N8O. The van der Waals surface area contributed by atoms with Crippen LogP contribution in [-0.2, 0) is 11.3 Å². The molecule has 1 saturated heterocycles. The summed E-state index contributed by atoms with van der Waals surface area (Å²) in [6.07, 6.45) is 1.77. The Hall–Kier alpha value is -2.81. The molecule has 1 fully saturated rings. The van der Waals surface area contributed by atoms with Crippen LogP contribution in [0.5, 0.6) is 0 Å². The average Bonchev–Trinajstić information content (AvgIpc) is 2.95. The standard InChI is InChI=1S/C16H20N8O/c1-11-19-20-15-4-5-16(21-24(11)15)23-8-12(9-23)22(2)14-6-7-17-13(18-14)10-25-3/h4-7,12H,8-10H2,1-3H3. The molecule has 4 rings (SSSR count). The molecule has 3 aromatic rings. The van der Waals surface area contributed by atoms with E-state index in [0.29, 0.717) is 18.5 Å². The first-order valence-electron chi connectivity index (χ1n) is 8.13. The maximum Gasteiger partial charge on any atom is 0.178 e. The number of hydrogen-bond acceptors (Lipinski definition) is 8. The normalized spacial score (nSPS) is 14.8. The van der Waals surface area contributed by atoms with Gasteiger partial charge in [0.25, 0.3) is 0 Å². The predicted molar refractivity (Wildman–Crippen MR) is 92.7 cm³/mol. The number of likely N-dealkylation sites (N-methyl/N-ethyl adjacent to an activating group) is 1. The first-order valence-corrected chi connectivity index (χ1v) is 8.13. The second kappa shape index (κ2) is 6.25. The van der Waals surface area contributed by atoms with E-state index in [1.807, 2.05) is 25.1 Å². The molecule has 1 aliphatic heterocycles. The van der Waals surface area contributed by atoms with Gasteiger partial charge in [0.15, 0.2) is 17.3 Å². The molecule has 130 valence electrons. The summed E-state index contributed by atoms with van der Waals surface area (Å²) >= 11 is 0. The van der Waals surface area contributed by atoms with E-state index >= 15 is 0 Å². The lowest BCUT2D eigenvalue weighted by Crippen LogP contribution is -2.59. The van der Waals surface area contributed by atoms with Crippen LogP contribution < -0.4 is 9.80 Å². The van der Waals surface area contributed by atoms with Crippen molar-refractivity contribution in [2.45, 2.75) is 19.6 Å². The monoisotopic (exact) mass is 340 g/mol. The fourth-order valence-electron chi connectivity index (χ4n) is 2.91. The quantitative estimate of drug-likeness (QED) is 0.671. The van der Waals surface area contributed by atoms with Gasteiger partial charge in [0.05, 0.1) is 6.04 Å². The van der Waals surface area contributed by atoms with E-state index in [2.05, 4.69) is 42.1 Å². The molecule has 0 aliphatic carbocycles. The van der Waals surface area contributed by atoms with Crippen molar-refractivity contribution in [1.29, 1.82) is 0 Å². The summed E-state index contributed by atoms with van der Waals surface area (Å²) in [5, 5.41) is 12.7. The molecule has 25 heavy (non-hydrogen) atoms. The molecular weight excluding hydrogens is 320 g/mol. The van der Waals surface area contributed by atoms with Crippen LogP contribution in [0.1, 0.15) is 11.6 Å². The molecule has 0 aromatic carbocycles. The number of rotatable bonds is 5. The molecule has 0 unspecified atom stereocenters. The van der Waals surface area contributed by atoms with Crippen LogP contribution in [-0.4, -0.2) is 63.1 Å². The van der Waals surface area contributed by atoms with Crippen LogP contribution in [0.3, 0.4) is 0 Å². The number of aromatic nitrogens is 6. The van der Waals surface area contributed by atoms with Gasteiger partial charge in [-0.15, -0.1) is 15.3 Å². The molecule has 0 saturated carbocycles. The first-order chi connectivity index (χ1) is 12.2. The predicted octanol–water partition coefficient (Wildman–Crippen LogP) is 0.694. The minimum absolute atomic E-state index is 0.379. The van der Waals surface area contributed by atoms with Crippen molar-refractivity contribution in [3.05, 3.63) is 36.0 Å². The van der Waals surface area contributed by atoms with Crippen molar-refractivity contribution in [1.82, 2.24) is 29.8 Å². The van der Waals surface area contributed by atoms with Crippen LogP contribution in [0.25, 0.3) is 5.65 Å². The van der Waals surface area contributed by atoms with Gasteiger partial charge in [-0.3, -0.25) is 0 Å². The summed E-state index contributed by atoms with van der Waals surface area (Å²) in [4.78, 5) is 13.2. The lowest BCUT2D eigenvalue weighted by atomic mass is 10.1. The van der Waals surface area contributed by atoms with Gasteiger partial charge >= 0.3 is 0 Å². The number of fused-ring (bicyclic) bond motifs is 1. The highest BCUT2D eigenvalue weighted by atomic mass is 16.5. The Morgan fingerprint density at radius 2 is 2.08 bits per heavy atom. The van der Waals surface area contributed by atoms with Gasteiger partial charge in [0, 0.05) is 33.4 Å². The van der Waals surface area contributed by atoms with E-state index in [1.165, 1.54) is 0 Å². The van der Waals surface area contributed by atoms with Gasteiger partial charge in [0.1, 0.15) is 18.2 Å². The molecule has 0 bridgehead atoms. The Labute approximate surface area is 145 Å². The van der Waals surface area contributed by atoms with Gasteiger partial charge in [-0.05, 0) is 25.1 Å². The lowest BCUT2D eigenvalue weighted by molar-refractivity contribution is 0.178. The molecule has 0 N–H and O–H groups in total. The van der Waals surface area contributed by atoms with E-state index in [4.69, 9.17) is 4.74 Å². The molecule has 0 radical (unpaired) electrons. The SMILES string of the molecule is COCc1nccc(N(C)C2CN(c3ccc4nnc(C)n4n3)C2)n1. The Morgan fingerprint density at radius 3 is 2.88 bits per heavy atom. The minimum Gasteiger partial charge on any atom is -0.377 e. The molecule has 0 atom stereocenters. The van der Waals surface area contributed by atoms with E-state index in [0.717, 1.165) is 36.2 Å². The van der Waals surface area contributed by atoms with Crippen LogP contribution in [0.15, 0.2) is 24.4 Å². The Kier molecular flexibility index (Phi) is 3.92. The molecule has 4 heterocycles. The van der Waals surface area contributed by atoms with Gasteiger partial charge in [0.2, 0.25) is 0 Å². The van der Waals surface area contributed by atoms with Gasteiger partial charge in [-0.1, -0.05) is 0 Å². The van der Waals surface area contributed by atoms with Gasteiger partial charge in [-0.2, -0.15) is 4.52 Å². The summed E-state index contributed by atoms with van der Waals surface area (Å²) < 4.78 is 6.88. The second-order valence-corrected chi connectivity index (χ2v) is 6.14. The van der Waals surface area contributed by atoms with Crippen LogP contribution in [0.4, 0.5) is 11.6 Å². The van der Waals surface area contributed by atoms with Crippen molar-refractivity contribution in [2.75, 3.05) is 37.0 Å². The van der Waals surface area contributed by atoms with Crippen molar-refractivity contribution in [2.24, 2.45) is 0 Å². The molecule has 9 nitrogen and oxygen atoms in total. The van der Waals surface area contributed by atoms with Crippen molar-refractivity contribution in [3.8, 4) is 0 Å². The fourth-order valence-corrected chi connectivity index (χ4v) is 2.91. The lowest BCUT2D eigenvalue weighted by Gasteiger charge is -2.44. The Morgan fingerprint density at radius 1 is 1.24 bits per heavy atom. The van der Waals surface area contributed by atoms with E-state index in [9.17, 15) is 0 Å². The number of methoxy groups -OCH3 is 1. The third-order valence-corrected chi connectivity index (χ3v) is 4.46. The third-order valence-electron chi connectivity index (χ3n) is 4.46. The number of hydrogen-bond donors (Lipinski definition) is 0. The third kappa shape index (κ3) is 2.86. The van der Waals surface area contributed by atoms with E-state index in [-0.39, 0.29) is 0 Å². The van der Waals surface area contributed by atoms with Crippen molar-refractivity contribution >= 4 is 17.3 Å². The molecule has 1 aliphatic rings. The first kappa shape index (κ1) is 15.7. The van der Waals surface area contributed by atoms with Gasteiger partial charge in [-0.25, -0.2) is 9.97 Å². The maximum atomic E-state index is 5.10. The Balaban J connectivity index is 1.45. The zero-order valence-electron chi connectivity index (χ0n) is 14.5. The van der Waals surface area contributed by atoms with Gasteiger partial charge < -0.3 is 14.5 Å². The number of aryl methyl sites for hydroxylation is 1. The summed E-state index contributed by atoms with van der Waals surface area (Å²) in [7, 11) is 3.70. The number of ether oxygens (including phenoxy) is 1. The summed E-state index contributed by atoms with van der Waals surface area (Å²) in [5.74, 6) is 3.32. The Bertz CT molecular complexity index is 889. The smallest absolute Gasteiger partial charge is 0.178 e. The largest absolute Gasteiger partial charge is 0.377 e. The summed E-state index contributed by atoms with van der Waals surface area (Å²) in [6.45, 7) is 4.09. The fraction of sp³-hybridized carbons (Fsp3) is 0.438. The maximum absolute atomic E-state index is 5.10. The molecule has 9 heteroatoms. The number of nitrogens with zero attached hydrogens (tertiary/aromatic N) is 8. The summed E-state index contributed by atoms with van der Waals surface area (Å²) in [6, 6.07) is 6.24. The molecule has 3 aromatic heterocycles. The van der Waals surface area contributed by atoms with Crippen LogP contribution >= 0.6 is 0 Å². The topological polar surface area (TPSA) is 84.6 Å². The van der Waals surface area contributed by atoms with Crippen LogP contribution in [0.2, 0.25) is 0 Å². The van der Waals surface area contributed by atoms with E-state index in [1.54, 1.807) is 17.8 Å². The average molecular weight is 340 g/mol. The van der Waals surface area contributed by atoms with Crippen molar-refractivity contribution in [3.63, 3.8) is 0 Å². The highest BCUT2D eigenvalue weighted by molar-refractivity contribution is 5.50. The number of anilines is 2. The zero-order chi connectivity index (χ0) is 17.4. The van der Waals surface area contributed by atoms with Crippen LogP contribution in [0, 0.1) is 6.92 Å². The molecule has 0 spiro atoms. The highest BCUT2D eigenvalue weighted by Crippen LogP contribution is 2.24. The highest BCUT2D eigenvalue weighted by Gasteiger charge is 2.32. The van der Waals surface area contributed by atoms with Crippen molar-refractivity contribution < 1.29 is 4.74 Å². The molecule has 0 amide bonds. The van der Waals surface area contributed by atoms with E-state index < -0.39 is 0 Å². The summed E-state index contributed by atoms with van der Waals surface area (Å²) in [5.41, 5.74) is 0.766. The second-order valence-electron chi connectivity index (χ2n) is 6.14. The minimum atomic E-state index is 0.379.